The van der Waals surface area contributed by atoms with Crippen molar-refractivity contribution in [2.75, 3.05) is 13.2 Å². The molecule has 0 saturated carbocycles. The van der Waals surface area contributed by atoms with Gasteiger partial charge in [0.2, 0.25) is 0 Å². The van der Waals surface area contributed by atoms with Gasteiger partial charge in [0.15, 0.2) is 0 Å². The fourth-order valence-electron chi connectivity index (χ4n) is 0.750. The minimum atomic E-state index is 0.108. The van der Waals surface area contributed by atoms with Gasteiger partial charge in [0.05, 0.1) is 13.2 Å². The maximum absolute atomic E-state index is 8.48. The van der Waals surface area contributed by atoms with E-state index in [1.54, 1.807) is 6.21 Å². The Balaban J connectivity index is 4.00. The van der Waals surface area contributed by atoms with E-state index in [9.17, 15) is 0 Å². The first-order chi connectivity index (χ1) is 6.66. The standard InChI is InChI=1S/C12H19NO/c1-11(2)5-4-6-12(3)7-8-13-9-10-14/h4-8,14H,9-10H2,1-3H3. The summed E-state index contributed by atoms with van der Waals surface area (Å²) in [6, 6.07) is 0. The zero-order chi connectivity index (χ0) is 10.8. The Labute approximate surface area is 86.4 Å². The van der Waals surface area contributed by atoms with E-state index in [1.807, 2.05) is 25.2 Å². The predicted molar refractivity (Wildman–Crippen MR) is 62.8 cm³/mol. The van der Waals surface area contributed by atoms with Crippen molar-refractivity contribution in [1.82, 2.24) is 0 Å². The molecule has 0 heterocycles. The second kappa shape index (κ2) is 8.45. The zero-order valence-corrected chi connectivity index (χ0v) is 9.20. The van der Waals surface area contributed by atoms with E-state index >= 15 is 0 Å². The number of allylic oxidation sites excluding steroid dienone is 6. The van der Waals surface area contributed by atoms with Crippen LogP contribution in [0.5, 0.6) is 0 Å². The molecule has 0 radical (unpaired) electrons. The van der Waals surface area contributed by atoms with Crippen LogP contribution in [0.2, 0.25) is 0 Å². The number of nitrogens with zero attached hydrogens (tertiary/aromatic N) is 1. The van der Waals surface area contributed by atoms with E-state index < -0.39 is 0 Å². The molecule has 0 saturated heterocycles. The molecule has 0 amide bonds. The molecule has 0 aliphatic heterocycles. The number of hydrogen-bond acceptors (Lipinski definition) is 2. The van der Waals surface area contributed by atoms with Crippen LogP contribution in [0.1, 0.15) is 20.8 Å². The molecule has 0 aliphatic rings. The van der Waals surface area contributed by atoms with Crippen LogP contribution in [0.4, 0.5) is 0 Å². The van der Waals surface area contributed by atoms with Crippen molar-refractivity contribution >= 4 is 6.21 Å². The maximum Gasteiger partial charge on any atom is 0.0626 e. The highest BCUT2D eigenvalue weighted by atomic mass is 16.3. The molecule has 0 aromatic carbocycles. The summed E-state index contributed by atoms with van der Waals surface area (Å²) in [5.41, 5.74) is 2.42. The topological polar surface area (TPSA) is 32.6 Å². The molecule has 14 heavy (non-hydrogen) atoms. The lowest BCUT2D eigenvalue weighted by molar-refractivity contribution is 0.307. The number of aliphatic imine (C=N–C) groups is 1. The van der Waals surface area contributed by atoms with Gasteiger partial charge in [-0.05, 0) is 32.4 Å². The van der Waals surface area contributed by atoms with Crippen molar-refractivity contribution < 1.29 is 5.11 Å². The highest BCUT2D eigenvalue weighted by molar-refractivity contribution is 5.72. The second-order valence-electron chi connectivity index (χ2n) is 3.29. The quantitative estimate of drug-likeness (QED) is 0.528. The van der Waals surface area contributed by atoms with E-state index in [-0.39, 0.29) is 6.61 Å². The molecule has 2 heteroatoms. The van der Waals surface area contributed by atoms with Gasteiger partial charge in [-0.2, -0.15) is 0 Å². The van der Waals surface area contributed by atoms with Gasteiger partial charge in [-0.3, -0.25) is 4.99 Å². The summed E-state index contributed by atoms with van der Waals surface area (Å²) in [4.78, 5) is 3.97. The SMILES string of the molecule is CC(C)=CC=CC(C)=CC=NCCO. The maximum atomic E-state index is 8.48. The Morgan fingerprint density at radius 2 is 1.93 bits per heavy atom. The van der Waals surface area contributed by atoms with E-state index in [4.69, 9.17) is 5.11 Å². The number of aliphatic hydroxyl groups excluding tert-OH is 1. The summed E-state index contributed by atoms with van der Waals surface area (Å²) >= 11 is 0. The second-order valence-corrected chi connectivity index (χ2v) is 3.29. The molecule has 0 bridgehead atoms. The highest BCUT2D eigenvalue weighted by Gasteiger charge is 1.78. The minimum Gasteiger partial charge on any atom is -0.394 e. The molecule has 1 N–H and O–H groups in total. The van der Waals surface area contributed by atoms with Gasteiger partial charge in [-0.1, -0.05) is 23.8 Å². The van der Waals surface area contributed by atoms with Crippen molar-refractivity contribution in [1.29, 1.82) is 0 Å². The van der Waals surface area contributed by atoms with E-state index in [2.05, 4.69) is 24.9 Å². The first-order valence-corrected chi connectivity index (χ1v) is 4.76. The molecule has 0 aliphatic carbocycles. The van der Waals surface area contributed by atoms with Crippen molar-refractivity contribution in [2.45, 2.75) is 20.8 Å². The summed E-state index contributed by atoms with van der Waals surface area (Å²) in [7, 11) is 0. The fourth-order valence-corrected chi connectivity index (χ4v) is 0.750. The van der Waals surface area contributed by atoms with Crippen molar-refractivity contribution in [3.05, 3.63) is 35.5 Å². The third-order valence-electron chi connectivity index (χ3n) is 1.46. The number of aliphatic hydroxyl groups is 1. The summed E-state index contributed by atoms with van der Waals surface area (Å²) < 4.78 is 0. The Hall–Kier alpha value is -1.15. The first-order valence-electron chi connectivity index (χ1n) is 4.76. The van der Waals surface area contributed by atoms with E-state index in [1.165, 1.54) is 5.57 Å². The van der Waals surface area contributed by atoms with Crippen LogP contribution >= 0.6 is 0 Å². The monoisotopic (exact) mass is 193 g/mol. The normalized spacial score (nSPS) is 12.7. The van der Waals surface area contributed by atoms with Gasteiger partial charge in [-0.25, -0.2) is 0 Å². The molecular weight excluding hydrogens is 174 g/mol. The fraction of sp³-hybridized carbons (Fsp3) is 0.417. The summed E-state index contributed by atoms with van der Waals surface area (Å²) in [5, 5.41) is 8.48. The molecule has 2 nitrogen and oxygen atoms in total. The van der Waals surface area contributed by atoms with Crippen molar-refractivity contribution in [3.8, 4) is 0 Å². The predicted octanol–water partition coefficient (Wildman–Crippen LogP) is 2.52. The van der Waals surface area contributed by atoms with Crippen LogP contribution in [0.25, 0.3) is 0 Å². The summed E-state index contributed by atoms with van der Waals surface area (Å²) in [6.07, 6.45) is 9.74. The lowest BCUT2D eigenvalue weighted by Gasteiger charge is -1.88. The molecule has 0 rings (SSSR count). The van der Waals surface area contributed by atoms with Crippen LogP contribution in [-0.2, 0) is 0 Å². The molecular formula is C12H19NO. The average molecular weight is 193 g/mol. The first kappa shape index (κ1) is 12.8. The van der Waals surface area contributed by atoms with Crippen LogP contribution in [-0.4, -0.2) is 24.5 Å². The molecule has 0 unspecified atom stereocenters. The smallest absolute Gasteiger partial charge is 0.0626 e. The van der Waals surface area contributed by atoms with Gasteiger partial charge in [0.25, 0.3) is 0 Å². The Morgan fingerprint density at radius 3 is 2.50 bits per heavy atom. The third-order valence-corrected chi connectivity index (χ3v) is 1.46. The molecule has 0 aromatic heterocycles. The van der Waals surface area contributed by atoms with E-state index in [0.29, 0.717) is 6.54 Å². The van der Waals surface area contributed by atoms with Crippen LogP contribution in [0, 0.1) is 0 Å². The Kier molecular flexibility index (Phi) is 7.75. The van der Waals surface area contributed by atoms with Crippen molar-refractivity contribution in [2.24, 2.45) is 4.99 Å². The van der Waals surface area contributed by atoms with Gasteiger partial charge in [-0.15, -0.1) is 0 Å². The largest absolute Gasteiger partial charge is 0.394 e. The summed E-state index contributed by atoms with van der Waals surface area (Å²) in [5.74, 6) is 0. The third kappa shape index (κ3) is 8.94. The molecule has 0 spiro atoms. The average Bonchev–Trinajstić information content (AvgIpc) is 2.12. The summed E-state index contributed by atoms with van der Waals surface area (Å²) in [6.45, 7) is 6.72. The van der Waals surface area contributed by atoms with Crippen LogP contribution in [0.3, 0.4) is 0 Å². The number of hydrogen-bond donors (Lipinski definition) is 1. The molecule has 78 valence electrons. The minimum absolute atomic E-state index is 0.108. The van der Waals surface area contributed by atoms with Gasteiger partial charge >= 0.3 is 0 Å². The van der Waals surface area contributed by atoms with Gasteiger partial charge in [0, 0.05) is 6.21 Å². The molecule has 0 atom stereocenters. The highest BCUT2D eigenvalue weighted by Crippen LogP contribution is 1.95. The van der Waals surface area contributed by atoms with Crippen LogP contribution < -0.4 is 0 Å². The van der Waals surface area contributed by atoms with E-state index in [0.717, 1.165) is 5.57 Å². The molecule has 0 fully saturated rings. The number of rotatable bonds is 5. The van der Waals surface area contributed by atoms with Gasteiger partial charge < -0.3 is 5.11 Å². The Bertz CT molecular complexity index is 255. The van der Waals surface area contributed by atoms with Crippen molar-refractivity contribution in [3.63, 3.8) is 0 Å². The van der Waals surface area contributed by atoms with Gasteiger partial charge in [0.1, 0.15) is 0 Å². The Morgan fingerprint density at radius 1 is 1.21 bits per heavy atom. The molecule has 0 aromatic rings. The zero-order valence-electron chi connectivity index (χ0n) is 9.20. The van der Waals surface area contributed by atoms with Crippen LogP contribution in [0.15, 0.2) is 40.4 Å². The lowest BCUT2D eigenvalue weighted by atomic mass is 10.2. The lowest BCUT2D eigenvalue weighted by Crippen LogP contribution is -1.86.